The molecule has 2 heterocycles. The Morgan fingerprint density at radius 3 is 2.71 bits per heavy atom. The first-order chi connectivity index (χ1) is 10.2. The van der Waals surface area contributed by atoms with Gasteiger partial charge in [-0.05, 0) is 12.1 Å². The molecule has 21 heavy (non-hydrogen) atoms. The Hall–Kier alpha value is -2.27. The number of hydrogen-bond donors (Lipinski definition) is 1. The molecular formula is C16H18N2O3. The predicted octanol–water partition coefficient (Wildman–Crippen LogP) is 2.62. The Bertz CT molecular complexity index is 628. The molecule has 0 bridgehead atoms. The van der Waals surface area contributed by atoms with E-state index >= 15 is 0 Å². The second kappa shape index (κ2) is 5.61. The monoisotopic (exact) mass is 286 g/mol. The van der Waals surface area contributed by atoms with Crippen LogP contribution < -0.4 is 19.9 Å². The second-order valence-electron chi connectivity index (χ2n) is 4.99. The molecule has 1 unspecified atom stereocenters. The van der Waals surface area contributed by atoms with E-state index in [1.807, 2.05) is 30.3 Å². The maximum atomic E-state index is 6.26. The van der Waals surface area contributed by atoms with Crippen LogP contribution >= 0.6 is 0 Å². The third-order valence-corrected chi connectivity index (χ3v) is 3.70. The summed E-state index contributed by atoms with van der Waals surface area (Å²) in [6.07, 6.45) is 2.37. The number of nitrogens with zero attached hydrogens (tertiary/aromatic N) is 1. The maximum Gasteiger partial charge on any atom is 0.212 e. The van der Waals surface area contributed by atoms with Crippen LogP contribution in [0.4, 0.5) is 0 Å². The van der Waals surface area contributed by atoms with Crippen molar-refractivity contribution in [2.75, 3.05) is 14.2 Å². The minimum absolute atomic E-state index is 0.0632. The second-order valence-corrected chi connectivity index (χ2v) is 4.99. The number of methoxy groups -OCH3 is 2. The SMILES string of the molecule is COc1ccc2c(c1)OC(c1ccc(OC)nc1)C[C@@H]2N. The molecule has 2 aromatic rings. The van der Waals surface area contributed by atoms with E-state index in [-0.39, 0.29) is 12.1 Å². The molecule has 0 radical (unpaired) electrons. The molecule has 0 spiro atoms. The Balaban J connectivity index is 1.89. The molecule has 0 fully saturated rings. The summed E-state index contributed by atoms with van der Waals surface area (Å²) in [4.78, 5) is 4.22. The highest BCUT2D eigenvalue weighted by Crippen LogP contribution is 2.41. The molecule has 0 aliphatic carbocycles. The fourth-order valence-corrected chi connectivity index (χ4v) is 2.52. The van der Waals surface area contributed by atoms with Gasteiger partial charge in [0.2, 0.25) is 5.88 Å². The highest BCUT2D eigenvalue weighted by atomic mass is 16.5. The summed E-state index contributed by atoms with van der Waals surface area (Å²) in [6, 6.07) is 9.45. The third-order valence-electron chi connectivity index (χ3n) is 3.70. The number of fused-ring (bicyclic) bond motifs is 1. The van der Waals surface area contributed by atoms with E-state index in [4.69, 9.17) is 19.9 Å². The van der Waals surface area contributed by atoms with Crippen LogP contribution in [0.1, 0.15) is 29.7 Å². The van der Waals surface area contributed by atoms with E-state index in [2.05, 4.69) is 4.98 Å². The van der Waals surface area contributed by atoms with Crippen molar-refractivity contribution in [3.05, 3.63) is 47.7 Å². The van der Waals surface area contributed by atoms with Crippen molar-refractivity contribution in [1.82, 2.24) is 4.98 Å². The van der Waals surface area contributed by atoms with Gasteiger partial charge < -0.3 is 19.9 Å². The van der Waals surface area contributed by atoms with Gasteiger partial charge in [0.15, 0.2) is 0 Å². The van der Waals surface area contributed by atoms with Crippen LogP contribution in [0.3, 0.4) is 0 Å². The lowest BCUT2D eigenvalue weighted by atomic mass is 9.94. The van der Waals surface area contributed by atoms with Crippen molar-refractivity contribution in [2.24, 2.45) is 5.73 Å². The van der Waals surface area contributed by atoms with Crippen molar-refractivity contribution in [3.8, 4) is 17.4 Å². The summed E-state index contributed by atoms with van der Waals surface area (Å²) in [5.41, 5.74) is 8.25. The van der Waals surface area contributed by atoms with Gasteiger partial charge in [0, 0.05) is 41.9 Å². The van der Waals surface area contributed by atoms with Gasteiger partial charge in [0.05, 0.1) is 14.2 Å². The summed E-state index contributed by atoms with van der Waals surface area (Å²) >= 11 is 0. The van der Waals surface area contributed by atoms with Crippen LogP contribution in [0.25, 0.3) is 0 Å². The Labute approximate surface area is 123 Å². The zero-order valence-electron chi connectivity index (χ0n) is 12.1. The van der Waals surface area contributed by atoms with Crippen LogP contribution in [0, 0.1) is 0 Å². The van der Waals surface area contributed by atoms with Crippen molar-refractivity contribution >= 4 is 0 Å². The van der Waals surface area contributed by atoms with Gasteiger partial charge >= 0.3 is 0 Å². The van der Waals surface area contributed by atoms with Crippen molar-refractivity contribution in [3.63, 3.8) is 0 Å². The van der Waals surface area contributed by atoms with Crippen molar-refractivity contribution in [2.45, 2.75) is 18.6 Å². The van der Waals surface area contributed by atoms with Crippen LogP contribution in [-0.2, 0) is 0 Å². The molecule has 1 aromatic carbocycles. The van der Waals surface area contributed by atoms with Crippen LogP contribution in [-0.4, -0.2) is 19.2 Å². The lowest BCUT2D eigenvalue weighted by molar-refractivity contribution is 0.160. The molecule has 5 heteroatoms. The summed E-state index contributed by atoms with van der Waals surface area (Å²) in [7, 11) is 3.23. The fraction of sp³-hybridized carbons (Fsp3) is 0.312. The predicted molar refractivity (Wildman–Crippen MR) is 78.7 cm³/mol. The number of pyridine rings is 1. The molecular weight excluding hydrogens is 268 g/mol. The van der Waals surface area contributed by atoms with E-state index in [0.29, 0.717) is 12.3 Å². The average molecular weight is 286 g/mol. The smallest absolute Gasteiger partial charge is 0.212 e. The first-order valence-electron chi connectivity index (χ1n) is 6.81. The highest BCUT2D eigenvalue weighted by molar-refractivity contribution is 5.44. The molecule has 2 atom stereocenters. The summed E-state index contributed by atoms with van der Waals surface area (Å²) in [5, 5.41) is 0. The molecule has 0 saturated heterocycles. The maximum absolute atomic E-state index is 6.26. The van der Waals surface area contributed by atoms with E-state index in [1.54, 1.807) is 20.4 Å². The van der Waals surface area contributed by atoms with Gasteiger partial charge in [0.25, 0.3) is 0 Å². The highest BCUT2D eigenvalue weighted by Gasteiger charge is 2.27. The molecule has 0 saturated carbocycles. The lowest BCUT2D eigenvalue weighted by Gasteiger charge is -2.30. The number of benzene rings is 1. The van der Waals surface area contributed by atoms with Gasteiger partial charge in [0.1, 0.15) is 17.6 Å². The summed E-state index contributed by atoms with van der Waals surface area (Å²) < 4.78 is 16.4. The first-order valence-corrected chi connectivity index (χ1v) is 6.81. The van der Waals surface area contributed by atoms with Gasteiger partial charge in [-0.3, -0.25) is 0 Å². The van der Waals surface area contributed by atoms with Crippen LogP contribution in [0.2, 0.25) is 0 Å². The quantitative estimate of drug-likeness (QED) is 0.939. The number of ether oxygens (including phenoxy) is 3. The Kier molecular flexibility index (Phi) is 3.66. The topological polar surface area (TPSA) is 66.6 Å². The van der Waals surface area contributed by atoms with Gasteiger partial charge in [-0.2, -0.15) is 0 Å². The largest absolute Gasteiger partial charge is 0.497 e. The molecule has 5 nitrogen and oxygen atoms in total. The number of aromatic nitrogens is 1. The standard InChI is InChI=1S/C16H18N2O3/c1-19-11-4-5-12-13(17)8-14(21-15(12)7-11)10-3-6-16(20-2)18-9-10/h3-7,9,13-14H,8,17H2,1-2H3/t13-,14?/m0/s1. The van der Waals surface area contributed by atoms with Crippen LogP contribution in [0.15, 0.2) is 36.5 Å². The zero-order valence-corrected chi connectivity index (χ0v) is 12.1. The molecule has 0 amide bonds. The van der Waals surface area contributed by atoms with Crippen molar-refractivity contribution in [1.29, 1.82) is 0 Å². The average Bonchev–Trinajstić information content (AvgIpc) is 2.54. The van der Waals surface area contributed by atoms with Gasteiger partial charge in [-0.1, -0.05) is 6.07 Å². The summed E-state index contributed by atoms with van der Waals surface area (Å²) in [6.45, 7) is 0. The fourth-order valence-electron chi connectivity index (χ4n) is 2.52. The minimum atomic E-state index is -0.113. The number of hydrogen-bond acceptors (Lipinski definition) is 5. The Morgan fingerprint density at radius 1 is 1.19 bits per heavy atom. The number of nitrogens with two attached hydrogens (primary N) is 1. The normalized spacial score (nSPS) is 20.3. The molecule has 1 aliphatic heterocycles. The zero-order chi connectivity index (χ0) is 14.8. The van der Waals surface area contributed by atoms with Gasteiger partial charge in [-0.15, -0.1) is 0 Å². The first kappa shape index (κ1) is 13.7. The Morgan fingerprint density at radius 2 is 2.05 bits per heavy atom. The van der Waals surface area contributed by atoms with E-state index in [0.717, 1.165) is 22.6 Å². The van der Waals surface area contributed by atoms with E-state index in [9.17, 15) is 0 Å². The van der Waals surface area contributed by atoms with E-state index < -0.39 is 0 Å². The molecule has 1 aliphatic rings. The number of rotatable bonds is 3. The third kappa shape index (κ3) is 2.64. The molecule has 110 valence electrons. The lowest BCUT2D eigenvalue weighted by Crippen LogP contribution is -2.24. The van der Waals surface area contributed by atoms with Gasteiger partial charge in [-0.25, -0.2) is 4.98 Å². The molecule has 1 aromatic heterocycles. The van der Waals surface area contributed by atoms with E-state index in [1.165, 1.54) is 0 Å². The molecule has 3 rings (SSSR count). The molecule has 2 N–H and O–H groups in total. The van der Waals surface area contributed by atoms with Crippen LogP contribution in [0.5, 0.6) is 17.4 Å². The minimum Gasteiger partial charge on any atom is -0.497 e. The summed E-state index contributed by atoms with van der Waals surface area (Å²) in [5.74, 6) is 2.12. The van der Waals surface area contributed by atoms with Crippen molar-refractivity contribution < 1.29 is 14.2 Å².